The average molecular weight is 373 g/mol. The van der Waals surface area contributed by atoms with Crippen LogP contribution >= 0.6 is 22.9 Å². The van der Waals surface area contributed by atoms with Crippen LogP contribution in [0, 0.1) is 13.8 Å². The van der Waals surface area contributed by atoms with E-state index in [4.69, 9.17) is 16.3 Å². The second kappa shape index (κ2) is 7.68. The van der Waals surface area contributed by atoms with Crippen LogP contribution in [0.3, 0.4) is 0 Å². The number of nitrogens with one attached hydrogen (secondary N) is 1. The van der Waals surface area contributed by atoms with Crippen molar-refractivity contribution in [1.82, 2.24) is 4.98 Å². The third-order valence-electron chi connectivity index (χ3n) is 3.74. The lowest BCUT2D eigenvalue weighted by atomic mass is 10.1. The van der Waals surface area contributed by atoms with Gasteiger partial charge in [0.05, 0.1) is 5.69 Å². The van der Waals surface area contributed by atoms with E-state index in [1.807, 2.05) is 11.4 Å². The molecule has 4 nitrogen and oxygen atoms in total. The van der Waals surface area contributed by atoms with Crippen molar-refractivity contribution >= 4 is 34.0 Å². The topological polar surface area (TPSA) is 51.2 Å². The van der Waals surface area contributed by atoms with Crippen LogP contribution in [0.25, 0.3) is 11.3 Å². The van der Waals surface area contributed by atoms with E-state index in [1.54, 1.807) is 24.3 Å². The summed E-state index contributed by atoms with van der Waals surface area (Å²) in [5, 5.41) is 5.86. The van der Waals surface area contributed by atoms with Crippen LogP contribution in [0.1, 0.15) is 11.1 Å². The van der Waals surface area contributed by atoms with Crippen LogP contribution in [0.2, 0.25) is 5.02 Å². The van der Waals surface area contributed by atoms with E-state index in [9.17, 15) is 4.79 Å². The van der Waals surface area contributed by atoms with Gasteiger partial charge in [0.25, 0.3) is 5.91 Å². The molecule has 1 aromatic heterocycles. The van der Waals surface area contributed by atoms with Crippen molar-refractivity contribution in [2.45, 2.75) is 13.8 Å². The molecule has 0 saturated carbocycles. The Morgan fingerprint density at radius 3 is 2.64 bits per heavy atom. The first kappa shape index (κ1) is 17.5. The molecule has 1 N–H and O–H groups in total. The third kappa shape index (κ3) is 4.59. The molecule has 3 rings (SSSR count). The summed E-state index contributed by atoms with van der Waals surface area (Å²) in [6, 6.07) is 13.1. The van der Waals surface area contributed by atoms with Crippen molar-refractivity contribution in [3.8, 4) is 17.0 Å². The number of carbonyl (C=O) groups excluding carboxylic acids is 1. The molecule has 0 aliphatic heterocycles. The van der Waals surface area contributed by atoms with Crippen LogP contribution in [-0.4, -0.2) is 17.5 Å². The number of benzene rings is 2. The second-order valence-corrected chi connectivity index (χ2v) is 6.92. The van der Waals surface area contributed by atoms with E-state index in [0.29, 0.717) is 15.9 Å². The molecule has 0 spiro atoms. The van der Waals surface area contributed by atoms with Gasteiger partial charge in [-0.15, -0.1) is 11.3 Å². The summed E-state index contributed by atoms with van der Waals surface area (Å²) in [4.78, 5) is 16.5. The smallest absolute Gasteiger partial charge is 0.264 e. The van der Waals surface area contributed by atoms with Crippen LogP contribution in [0.5, 0.6) is 5.75 Å². The molecular weight excluding hydrogens is 356 g/mol. The minimum Gasteiger partial charge on any atom is -0.484 e. The fourth-order valence-corrected chi connectivity index (χ4v) is 3.06. The van der Waals surface area contributed by atoms with Gasteiger partial charge in [0, 0.05) is 16.0 Å². The van der Waals surface area contributed by atoms with Gasteiger partial charge in [0.1, 0.15) is 5.75 Å². The van der Waals surface area contributed by atoms with Crippen molar-refractivity contribution in [1.29, 1.82) is 0 Å². The Balaban J connectivity index is 1.59. The number of rotatable bonds is 5. The Labute approximate surface area is 155 Å². The molecule has 25 heavy (non-hydrogen) atoms. The summed E-state index contributed by atoms with van der Waals surface area (Å²) in [7, 11) is 0. The largest absolute Gasteiger partial charge is 0.484 e. The fourth-order valence-electron chi connectivity index (χ4n) is 2.20. The molecule has 3 aromatic rings. The van der Waals surface area contributed by atoms with E-state index in [2.05, 4.69) is 36.3 Å². The van der Waals surface area contributed by atoms with E-state index >= 15 is 0 Å². The Morgan fingerprint density at radius 1 is 1.16 bits per heavy atom. The number of aromatic nitrogens is 1. The van der Waals surface area contributed by atoms with Gasteiger partial charge < -0.3 is 4.74 Å². The highest BCUT2D eigenvalue weighted by Gasteiger charge is 2.09. The molecule has 0 aliphatic rings. The summed E-state index contributed by atoms with van der Waals surface area (Å²) in [5.74, 6) is 0.338. The number of carbonyl (C=O) groups is 1. The highest BCUT2D eigenvalue weighted by Crippen LogP contribution is 2.26. The number of aryl methyl sites for hydroxylation is 2. The molecule has 0 atom stereocenters. The summed E-state index contributed by atoms with van der Waals surface area (Å²) in [6.07, 6.45) is 0. The van der Waals surface area contributed by atoms with Gasteiger partial charge in [-0.1, -0.05) is 23.7 Å². The van der Waals surface area contributed by atoms with E-state index in [-0.39, 0.29) is 12.5 Å². The van der Waals surface area contributed by atoms with E-state index < -0.39 is 0 Å². The zero-order valence-corrected chi connectivity index (χ0v) is 15.4. The van der Waals surface area contributed by atoms with Crippen molar-refractivity contribution in [2.24, 2.45) is 0 Å². The lowest BCUT2D eigenvalue weighted by Crippen LogP contribution is -2.20. The van der Waals surface area contributed by atoms with Crippen molar-refractivity contribution in [3.05, 3.63) is 64.0 Å². The van der Waals surface area contributed by atoms with Crippen molar-refractivity contribution < 1.29 is 9.53 Å². The van der Waals surface area contributed by atoms with Crippen LogP contribution in [-0.2, 0) is 4.79 Å². The van der Waals surface area contributed by atoms with Gasteiger partial charge in [-0.05, 0) is 55.3 Å². The molecule has 0 bridgehead atoms. The maximum absolute atomic E-state index is 12.0. The second-order valence-electron chi connectivity index (χ2n) is 5.63. The van der Waals surface area contributed by atoms with E-state index in [1.165, 1.54) is 22.5 Å². The van der Waals surface area contributed by atoms with Gasteiger partial charge in [-0.3, -0.25) is 10.1 Å². The van der Waals surface area contributed by atoms with Gasteiger partial charge in [0.2, 0.25) is 0 Å². The third-order valence-corrected chi connectivity index (χ3v) is 4.75. The first-order valence-corrected chi connectivity index (χ1v) is 8.98. The van der Waals surface area contributed by atoms with Gasteiger partial charge in [-0.2, -0.15) is 0 Å². The van der Waals surface area contributed by atoms with Crippen LogP contribution in [0.15, 0.2) is 47.8 Å². The molecule has 0 aliphatic carbocycles. The number of amides is 1. The Bertz CT molecular complexity index is 891. The van der Waals surface area contributed by atoms with Crippen molar-refractivity contribution in [2.75, 3.05) is 11.9 Å². The highest BCUT2D eigenvalue weighted by molar-refractivity contribution is 7.14. The zero-order chi connectivity index (χ0) is 17.8. The van der Waals surface area contributed by atoms with Crippen molar-refractivity contribution in [3.63, 3.8) is 0 Å². The first-order chi connectivity index (χ1) is 12.0. The maximum Gasteiger partial charge on any atom is 0.264 e. The first-order valence-electron chi connectivity index (χ1n) is 7.72. The Hall–Kier alpha value is -2.37. The number of anilines is 1. The lowest BCUT2D eigenvalue weighted by molar-refractivity contribution is -0.118. The molecule has 0 saturated heterocycles. The lowest BCUT2D eigenvalue weighted by Gasteiger charge is -2.05. The molecule has 6 heteroatoms. The number of ether oxygens (including phenoxy) is 1. The number of nitrogens with zero attached hydrogens (tertiary/aromatic N) is 1. The monoisotopic (exact) mass is 372 g/mol. The molecule has 1 heterocycles. The van der Waals surface area contributed by atoms with Gasteiger partial charge in [0.15, 0.2) is 11.7 Å². The van der Waals surface area contributed by atoms with Gasteiger partial charge >= 0.3 is 0 Å². The normalized spacial score (nSPS) is 10.5. The molecule has 128 valence electrons. The minimum atomic E-state index is -0.254. The summed E-state index contributed by atoms with van der Waals surface area (Å²) in [6.45, 7) is 4.06. The SMILES string of the molecule is Cc1ccc(-c2csc(NC(=O)COc3ccc(Cl)cc3)n2)cc1C. The maximum atomic E-state index is 12.0. The molecule has 1 amide bonds. The molecular formula is C19H17ClN2O2S. The van der Waals surface area contributed by atoms with Crippen LogP contribution < -0.4 is 10.1 Å². The summed E-state index contributed by atoms with van der Waals surface area (Å²) in [5.41, 5.74) is 4.35. The Morgan fingerprint density at radius 2 is 1.92 bits per heavy atom. The molecule has 0 radical (unpaired) electrons. The molecule has 0 unspecified atom stereocenters. The highest BCUT2D eigenvalue weighted by atomic mass is 35.5. The summed E-state index contributed by atoms with van der Waals surface area (Å²) < 4.78 is 5.42. The number of hydrogen-bond acceptors (Lipinski definition) is 4. The quantitative estimate of drug-likeness (QED) is 0.678. The molecule has 0 fully saturated rings. The zero-order valence-electron chi connectivity index (χ0n) is 13.9. The standard InChI is InChI=1S/C19H17ClN2O2S/c1-12-3-4-14(9-13(12)2)17-11-25-19(21-17)22-18(23)10-24-16-7-5-15(20)6-8-16/h3-9,11H,10H2,1-2H3,(H,21,22,23). The average Bonchev–Trinajstić information content (AvgIpc) is 3.05. The van der Waals surface area contributed by atoms with E-state index in [0.717, 1.165) is 11.3 Å². The minimum absolute atomic E-state index is 0.0831. The summed E-state index contributed by atoms with van der Waals surface area (Å²) >= 11 is 7.20. The molecule has 2 aromatic carbocycles. The predicted molar refractivity (Wildman–Crippen MR) is 103 cm³/mol. The van der Waals surface area contributed by atoms with Crippen LogP contribution in [0.4, 0.5) is 5.13 Å². The Kier molecular flexibility index (Phi) is 5.36. The van der Waals surface area contributed by atoms with Gasteiger partial charge in [-0.25, -0.2) is 4.98 Å². The fraction of sp³-hybridized carbons (Fsp3) is 0.158. The predicted octanol–water partition coefficient (Wildman–Crippen LogP) is 5.10. The number of hydrogen-bond donors (Lipinski definition) is 1. The number of halogens is 1. The number of thiazole rings is 1.